The molecule has 5 nitrogen and oxygen atoms in total. The van der Waals surface area contributed by atoms with Gasteiger partial charge in [-0.3, -0.25) is 4.79 Å². The van der Waals surface area contributed by atoms with E-state index in [9.17, 15) is 4.79 Å². The van der Waals surface area contributed by atoms with Crippen molar-refractivity contribution in [1.82, 2.24) is 20.4 Å². The molecule has 0 spiro atoms. The second-order valence-corrected chi connectivity index (χ2v) is 6.93. The maximum absolute atomic E-state index is 12.4. The quantitative estimate of drug-likeness (QED) is 0.750. The number of amides is 1. The van der Waals surface area contributed by atoms with Crippen molar-refractivity contribution in [1.29, 1.82) is 0 Å². The Morgan fingerprint density at radius 1 is 1.38 bits per heavy atom. The fraction of sp³-hybridized carbons (Fsp3) is 0.294. The SMILES string of the molecule is Cc1nn(-c2ccccc2)c2sc(C(=O)NCC3CNC3)cc12.Cl. The molecular formula is C17H19ClN4OS. The summed E-state index contributed by atoms with van der Waals surface area (Å²) in [5, 5.41) is 11.9. The van der Waals surface area contributed by atoms with Gasteiger partial charge in [-0.2, -0.15) is 5.10 Å². The zero-order valence-corrected chi connectivity index (χ0v) is 14.9. The summed E-state index contributed by atoms with van der Waals surface area (Å²) in [6, 6.07) is 12.0. The number of nitrogens with one attached hydrogen (secondary N) is 2. The summed E-state index contributed by atoms with van der Waals surface area (Å²) in [7, 11) is 0. The number of aromatic nitrogens is 2. The van der Waals surface area contributed by atoms with Gasteiger partial charge in [0, 0.05) is 30.9 Å². The molecular weight excluding hydrogens is 344 g/mol. The molecule has 0 radical (unpaired) electrons. The van der Waals surface area contributed by atoms with Crippen molar-refractivity contribution in [2.75, 3.05) is 19.6 Å². The maximum atomic E-state index is 12.4. The second-order valence-electron chi connectivity index (χ2n) is 5.90. The van der Waals surface area contributed by atoms with Crippen molar-refractivity contribution in [3.05, 3.63) is 47.0 Å². The molecule has 1 fully saturated rings. The molecule has 0 unspecified atom stereocenters. The lowest BCUT2D eigenvalue weighted by Crippen LogP contribution is -2.48. The van der Waals surface area contributed by atoms with E-state index in [2.05, 4.69) is 15.7 Å². The van der Waals surface area contributed by atoms with Gasteiger partial charge in [0.1, 0.15) is 4.83 Å². The smallest absolute Gasteiger partial charge is 0.261 e. The van der Waals surface area contributed by atoms with Crippen molar-refractivity contribution in [2.24, 2.45) is 5.92 Å². The first-order chi connectivity index (χ1) is 11.2. The number of carbonyl (C=O) groups excluding carboxylic acids is 1. The van der Waals surface area contributed by atoms with Gasteiger partial charge in [-0.05, 0) is 25.1 Å². The van der Waals surface area contributed by atoms with Gasteiger partial charge < -0.3 is 10.6 Å². The van der Waals surface area contributed by atoms with Crippen LogP contribution in [-0.2, 0) is 0 Å². The molecule has 0 saturated carbocycles. The lowest BCUT2D eigenvalue weighted by atomic mass is 10.0. The van der Waals surface area contributed by atoms with Crippen molar-refractivity contribution in [3.8, 4) is 5.69 Å². The number of nitrogens with zero attached hydrogens (tertiary/aromatic N) is 2. The molecule has 2 aromatic heterocycles. The van der Waals surface area contributed by atoms with Gasteiger partial charge in [-0.25, -0.2) is 4.68 Å². The van der Waals surface area contributed by atoms with Crippen molar-refractivity contribution < 1.29 is 4.79 Å². The molecule has 1 aliphatic rings. The molecule has 0 bridgehead atoms. The fourth-order valence-corrected chi connectivity index (χ4v) is 3.82. The van der Waals surface area contributed by atoms with E-state index in [-0.39, 0.29) is 18.3 Å². The number of hydrogen-bond donors (Lipinski definition) is 2. The van der Waals surface area contributed by atoms with Gasteiger partial charge in [0.05, 0.1) is 16.3 Å². The molecule has 7 heteroatoms. The summed E-state index contributed by atoms with van der Waals surface area (Å²) < 4.78 is 1.92. The lowest BCUT2D eigenvalue weighted by Gasteiger charge is -2.26. The molecule has 126 valence electrons. The van der Waals surface area contributed by atoms with Crippen molar-refractivity contribution in [2.45, 2.75) is 6.92 Å². The number of aryl methyl sites for hydroxylation is 1. The minimum Gasteiger partial charge on any atom is -0.351 e. The first-order valence-corrected chi connectivity index (χ1v) is 8.57. The Labute approximate surface area is 150 Å². The number of benzene rings is 1. The Balaban J connectivity index is 0.00000169. The summed E-state index contributed by atoms with van der Waals surface area (Å²) in [6.45, 7) is 4.71. The third-order valence-electron chi connectivity index (χ3n) is 4.19. The average Bonchev–Trinajstić information content (AvgIpc) is 3.07. The summed E-state index contributed by atoms with van der Waals surface area (Å²) in [4.78, 5) is 14.1. The molecule has 4 rings (SSSR count). The zero-order valence-electron chi connectivity index (χ0n) is 13.3. The largest absolute Gasteiger partial charge is 0.351 e. The number of para-hydroxylation sites is 1. The monoisotopic (exact) mass is 362 g/mol. The highest BCUT2D eigenvalue weighted by atomic mass is 35.5. The highest BCUT2D eigenvalue weighted by Crippen LogP contribution is 2.30. The highest BCUT2D eigenvalue weighted by Gasteiger charge is 2.20. The number of rotatable bonds is 4. The van der Waals surface area contributed by atoms with Gasteiger partial charge in [-0.15, -0.1) is 23.7 Å². The average molecular weight is 363 g/mol. The van der Waals surface area contributed by atoms with E-state index >= 15 is 0 Å². The molecule has 3 aromatic rings. The van der Waals surface area contributed by atoms with Gasteiger partial charge in [0.25, 0.3) is 5.91 Å². The third kappa shape index (κ3) is 3.05. The van der Waals surface area contributed by atoms with Gasteiger partial charge in [0.2, 0.25) is 0 Å². The first-order valence-electron chi connectivity index (χ1n) is 7.76. The van der Waals surface area contributed by atoms with Crippen LogP contribution in [0.3, 0.4) is 0 Å². The van der Waals surface area contributed by atoms with Gasteiger partial charge in [-0.1, -0.05) is 18.2 Å². The topological polar surface area (TPSA) is 59.0 Å². The lowest BCUT2D eigenvalue weighted by molar-refractivity contribution is 0.0946. The summed E-state index contributed by atoms with van der Waals surface area (Å²) in [5.74, 6) is 0.576. The first kappa shape index (κ1) is 17.0. The van der Waals surface area contributed by atoms with Crippen molar-refractivity contribution >= 4 is 39.9 Å². The van der Waals surface area contributed by atoms with Crippen LogP contribution in [-0.4, -0.2) is 35.3 Å². The molecule has 0 aliphatic carbocycles. The molecule has 24 heavy (non-hydrogen) atoms. The number of fused-ring (bicyclic) bond motifs is 1. The molecule has 1 aliphatic heterocycles. The fourth-order valence-electron chi connectivity index (χ4n) is 2.72. The number of thiophene rings is 1. The predicted octanol–water partition coefficient (Wildman–Crippen LogP) is 2.77. The standard InChI is InChI=1S/C17H18N4OS.ClH/c1-11-14-7-15(16(22)19-10-12-8-18-9-12)23-17(14)21(20-11)13-5-3-2-4-6-13;/h2-7,12,18H,8-10H2,1H3,(H,19,22);1H. The Morgan fingerprint density at radius 2 is 2.12 bits per heavy atom. The molecule has 1 amide bonds. The summed E-state index contributed by atoms with van der Waals surface area (Å²) >= 11 is 1.50. The van der Waals surface area contributed by atoms with E-state index < -0.39 is 0 Å². The van der Waals surface area contributed by atoms with E-state index in [1.54, 1.807) is 0 Å². The normalized spacial score (nSPS) is 14.2. The van der Waals surface area contributed by atoms with E-state index in [1.165, 1.54) is 11.3 Å². The second kappa shape index (κ2) is 6.93. The molecule has 1 saturated heterocycles. The molecule has 3 heterocycles. The maximum Gasteiger partial charge on any atom is 0.261 e. The van der Waals surface area contributed by atoms with Crippen molar-refractivity contribution in [3.63, 3.8) is 0 Å². The van der Waals surface area contributed by atoms with E-state index in [0.717, 1.165) is 46.1 Å². The van der Waals surface area contributed by atoms with E-state index in [4.69, 9.17) is 0 Å². The van der Waals surface area contributed by atoms with Gasteiger partial charge >= 0.3 is 0 Å². The Bertz CT molecular complexity index is 854. The molecule has 1 aromatic carbocycles. The number of hydrogen-bond acceptors (Lipinski definition) is 4. The van der Waals surface area contributed by atoms with Crippen LogP contribution in [0.1, 0.15) is 15.4 Å². The van der Waals surface area contributed by atoms with Gasteiger partial charge in [0.15, 0.2) is 0 Å². The summed E-state index contributed by atoms with van der Waals surface area (Å²) in [6.07, 6.45) is 0. The predicted molar refractivity (Wildman–Crippen MR) is 99.6 cm³/mol. The van der Waals surface area contributed by atoms with Crippen LogP contribution in [0.25, 0.3) is 15.9 Å². The van der Waals surface area contributed by atoms with Crippen LogP contribution in [0.2, 0.25) is 0 Å². The van der Waals surface area contributed by atoms with Crippen LogP contribution in [0.5, 0.6) is 0 Å². The van der Waals surface area contributed by atoms with E-state index in [1.807, 2.05) is 48.0 Å². The van der Waals surface area contributed by atoms with Crippen LogP contribution in [0.4, 0.5) is 0 Å². The molecule has 2 N–H and O–H groups in total. The number of carbonyl (C=O) groups is 1. The Hall–Kier alpha value is -1.89. The minimum atomic E-state index is 0. The van der Waals surface area contributed by atoms with Crippen LogP contribution < -0.4 is 10.6 Å². The van der Waals surface area contributed by atoms with E-state index in [0.29, 0.717) is 5.92 Å². The van der Waals surface area contributed by atoms with Crippen LogP contribution >= 0.6 is 23.7 Å². The van der Waals surface area contributed by atoms with Crippen LogP contribution in [0, 0.1) is 12.8 Å². The minimum absolute atomic E-state index is 0. The summed E-state index contributed by atoms with van der Waals surface area (Å²) in [5.41, 5.74) is 1.96. The number of halogens is 1. The molecule has 0 atom stereocenters. The zero-order chi connectivity index (χ0) is 15.8. The Morgan fingerprint density at radius 3 is 2.79 bits per heavy atom. The third-order valence-corrected chi connectivity index (χ3v) is 5.30. The Kier molecular flexibility index (Phi) is 4.89. The highest BCUT2D eigenvalue weighted by molar-refractivity contribution is 7.20. The van der Waals surface area contributed by atoms with Crippen LogP contribution in [0.15, 0.2) is 36.4 Å².